The summed E-state index contributed by atoms with van der Waals surface area (Å²) in [5.74, 6) is 0.884. The number of pyridine rings is 1. The molecule has 130 valence electrons. The van der Waals surface area contributed by atoms with Crippen molar-refractivity contribution in [3.05, 3.63) is 72.9 Å². The van der Waals surface area contributed by atoms with Crippen molar-refractivity contribution >= 4 is 22.4 Å². The summed E-state index contributed by atoms with van der Waals surface area (Å²) in [6.45, 7) is 2.66. The van der Waals surface area contributed by atoms with Gasteiger partial charge in [-0.15, -0.1) is 0 Å². The summed E-state index contributed by atoms with van der Waals surface area (Å²) < 4.78 is 5.53. The van der Waals surface area contributed by atoms with Crippen LogP contribution in [0.5, 0.6) is 5.75 Å². The Morgan fingerprint density at radius 1 is 1.00 bits per heavy atom. The van der Waals surface area contributed by atoms with Crippen LogP contribution in [0.15, 0.2) is 72.9 Å². The summed E-state index contributed by atoms with van der Waals surface area (Å²) in [5.41, 5.74) is 5.30. The predicted octanol–water partition coefficient (Wildman–Crippen LogP) is 5.40. The zero-order chi connectivity index (χ0) is 17.9. The van der Waals surface area contributed by atoms with E-state index in [0.717, 1.165) is 39.4 Å². The molecule has 0 aliphatic heterocycles. The molecule has 4 heteroatoms. The zero-order valence-electron chi connectivity index (χ0n) is 14.9. The van der Waals surface area contributed by atoms with Gasteiger partial charge in [0.15, 0.2) is 0 Å². The van der Waals surface area contributed by atoms with Crippen molar-refractivity contribution in [2.75, 3.05) is 18.6 Å². The molecule has 0 radical (unpaired) electrons. The predicted molar refractivity (Wildman–Crippen MR) is 107 cm³/mol. The molecule has 1 N–H and O–H groups in total. The van der Waals surface area contributed by atoms with Crippen LogP contribution in [-0.4, -0.2) is 23.6 Å². The van der Waals surface area contributed by atoms with Crippen LogP contribution in [0.25, 0.3) is 22.3 Å². The van der Waals surface area contributed by atoms with Crippen LogP contribution in [0.3, 0.4) is 0 Å². The third-order valence-electron chi connectivity index (χ3n) is 4.49. The quantitative estimate of drug-likeness (QED) is 0.528. The molecular formula is C22H21N3O. The Hall–Kier alpha value is -3.27. The van der Waals surface area contributed by atoms with Crippen LogP contribution in [0.1, 0.15) is 6.92 Å². The number of fused-ring (bicyclic) bond motifs is 1. The molecule has 4 rings (SSSR count). The van der Waals surface area contributed by atoms with E-state index >= 15 is 0 Å². The van der Waals surface area contributed by atoms with Crippen molar-refractivity contribution in [1.29, 1.82) is 0 Å². The molecular weight excluding hydrogens is 322 g/mol. The van der Waals surface area contributed by atoms with Crippen LogP contribution >= 0.6 is 0 Å². The lowest BCUT2D eigenvalue weighted by atomic mass is 10.1. The van der Waals surface area contributed by atoms with E-state index in [-0.39, 0.29) is 0 Å². The van der Waals surface area contributed by atoms with Crippen LogP contribution in [0, 0.1) is 0 Å². The first kappa shape index (κ1) is 16.2. The average molecular weight is 343 g/mol. The van der Waals surface area contributed by atoms with Crippen molar-refractivity contribution in [3.8, 4) is 17.0 Å². The molecule has 0 aliphatic carbocycles. The van der Waals surface area contributed by atoms with Crippen LogP contribution < -0.4 is 9.64 Å². The van der Waals surface area contributed by atoms with Crippen molar-refractivity contribution in [2.24, 2.45) is 0 Å². The molecule has 0 aliphatic rings. The number of ether oxygens (including phenoxy) is 1. The molecule has 0 bridgehead atoms. The molecule has 0 saturated carbocycles. The van der Waals surface area contributed by atoms with Crippen molar-refractivity contribution < 1.29 is 4.74 Å². The summed E-state index contributed by atoms with van der Waals surface area (Å²) in [6.07, 6.45) is 1.84. The van der Waals surface area contributed by atoms with Crippen LogP contribution in [-0.2, 0) is 0 Å². The van der Waals surface area contributed by atoms with Crippen molar-refractivity contribution in [3.63, 3.8) is 0 Å². The van der Waals surface area contributed by atoms with Crippen LogP contribution in [0.4, 0.5) is 11.4 Å². The number of H-pyrrole nitrogens is 1. The first-order valence-corrected chi connectivity index (χ1v) is 8.76. The van der Waals surface area contributed by atoms with Crippen LogP contribution in [0.2, 0.25) is 0 Å². The summed E-state index contributed by atoms with van der Waals surface area (Å²) >= 11 is 0. The van der Waals surface area contributed by atoms with E-state index in [9.17, 15) is 0 Å². The Morgan fingerprint density at radius 2 is 1.77 bits per heavy atom. The summed E-state index contributed by atoms with van der Waals surface area (Å²) in [6, 6.07) is 22.7. The third-order valence-corrected chi connectivity index (χ3v) is 4.49. The molecule has 4 nitrogen and oxygen atoms in total. The van der Waals surface area contributed by atoms with E-state index in [1.807, 2.05) is 49.5 Å². The van der Waals surface area contributed by atoms with Gasteiger partial charge in [-0.3, -0.25) is 0 Å². The van der Waals surface area contributed by atoms with E-state index in [1.54, 1.807) is 0 Å². The minimum atomic E-state index is 0.671. The number of para-hydroxylation sites is 1. The lowest BCUT2D eigenvalue weighted by molar-refractivity contribution is 0.340. The molecule has 2 aromatic heterocycles. The number of anilines is 2. The standard InChI is InChI=1S/C22H21N3O/c1-3-26-18-11-9-16(10-12-18)20-15-19-21(13-14-23-22(19)24-20)25(2)17-7-5-4-6-8-17/h4-15H,3H2,1-2H3,(H,23,24). The number of hydrogen-bond acceptors (Lipinski definition) is 3. The first-order valence-electron chi connectivity index (χ1n) is 8.76. The number of nitrogens with zero attached hydrogens (tertiary/aromatic N) is 2. The topological polar surface area (TPSA) is 41.1 Å². The molecule has 0 amide bonds. The summed E-state index contributed by atoms with van der Waals surface area (Å²) in [7, 11) is 2.08. The minimum Gasteiger partial charge on any atom is -0.494 e. The Labute approximate surface area is 153 Å². The highest BCUT2D eigenvalue weighted by Gasteiger charge is 2.12. The summed E-state index contributed by atoms with van der Waals surface area (Å²) in [4.78, 5) is 10.1. The first-order chi connectivity index (χ1) is 12.8. The van der Waals surface area contributed by atoms with Gasteiger partial charge in [-0.25, -0.2) is 4.98 Å². The van der Waals surface area contributed by atoms with Crippen molar-refractivity contribution in [2.45, 2.75) is 6.92 Å². The lowest BCUT2D eigenvalue weighted by Gasteiger charge is -2.20. The number of benzene rings is 2. The Bertz CT molecular complexity index is 1010. The van der Waals surface area contributed by atoms with Gasteiger partial charge < -0.3 is 14.6 Å². The number of aromatic amines is 1. The molecule has 0 fully saturated rings. The number of aromatic nitrogens is 2. The molecule has 2 heterocycles. The maximum absolute atomic E-state index is 5.53. The lowest BCUT2D eigenvalue weighted by Crippen LogP contribution is -2.09. The molecule has 2 aromatic carbocycles. The number of rotatable bonds is 5. The minimum absolute atomic E-state index is 0.671. The SMILES string of the molecule is CCOc1ccc(-c2cc3c(N(C)c4ccccc4)ccnc3[nH]2)cc1. The Kier molecular flexibility index (Phi) is 4.32. The fraction of sp³-hybridized carbons (Fsp3) is 0.136. The van der Waals surface area contributed by atoms with Gasteiger partial charge in [-0.1, -0.05) is 18.2 Å². The molecule has 26 heavy (non-hydrogen) atoms. The third kappa shape index (κ3) is 3.02. The fourth-order valence-corrected chi connectivity index (χ4v) is 3.15. The van der Waals surface area contributed by atoms with Gasteiger partial charge >= 0.3 is 0 Å². The molecule has 0 unspecified atom stereocenters. The van der Waals surface area contributed by atoms with E-state index in [0.29, 0.717) is 6.61 Å². The van der Waals surface area contributed by atoms with Gasteiger partial charge in [0.2, 0.25) is 0 Å². The van der Waals surface area contributed by atoms with Gasteiger partial charge in [0.1, 0.15) is 11.4 Å². The molecule has 0 atom stereocenters. The number of nitrogens with one attached hydrogen (secondary N) is 1. The zero-order valence-corrected chi connectivity index (χ0v) is 14.9. The van der Waals surface area contributed by atoms with Gasteiger partial charge in [0, 0.05) is 30.0 Å². The second-order valence-electron chi connectivity index (χ2n) is 6.13. The molecule has 0 spiro atoms. The fourth-order valence-electron chi connectivity index (χ4n) is 3.15. The highest BCUT2D eigenvalue weighted by molar-refractivity contribution is 5.95. The monoisotopic (exact) mass is 343 g/mol. The van der Waals surface area contributed by atoms with Gasteiger partial charge in [0.05, 0.1) is 12.3 Å². The van der Waals surface area contributed by atoms with Gasteiger partial charge in [-0.05, 0) is 61.0 Å². The second kappa shape index (κ2) is 6.92. The largest absolute Gasteiger partial charge is 0.494 e. The van der Waals surface area contributed by atoms with E-state index in [4.69, 9.17) is 4.74 Å². The Morgan fingerprint density at radius 3 is 2.50 bits per heavy atom. The maximum atomic E-state index is 5.53. The highest BCUT2D eigenvalue weighted by atomic mass is 16.5. The van der Waals surface area contributed by atoms with Gasteiger partial charge in [-0.2, -0.15) is 0 Å². The Balaban J connectivity index is 1.73. The number of hydrogen-bond donors (Lipinski definition) is 1. The summed E-state index contributed by atoms with van der Waals surface area (Å²) in [5, 5.41) is 1.10. The smallest absolute Gasteiger partial charge is 0.139 e. The van der Waals surface area contributed by atoms with E-state index < -0.39 is 0 Å². The highest BCUT2D eigenvalue weighted by Crippen LogP contribution is 2.33. The van der Waals surface area contributed by atoms with Gasteiger partial charge in [0.25, 0.3) is 0 Å². The second-order valence-corrected chi connectivity index (χ2v) is 6.13. The van der Waals surface area contributed by atoms with E-state index in [1.165, 1.54) is 0 Å². The molecule has 0 saturated heterocycles. The van der Waals surface area contributed by atoms with Crippen molar-refractivity contribution in [1.82, 2.24) is 9.97 Å². The average Bonchev–Trinajstić information content (AvgIpc) is 3.13. The van der Waals surface area contributed by atoms with E-state index in [2.05, 4.69) is 52.2 Å². The maximum Gasteiger partial charge on any atom is 0.139 e. The molecule has 4 aromatic rings. The normalized spacial score (nSPS) is 10.8.